The average molecular weight is 565 g/mol. The van der Waals surface area contributed by atoms with E-state index in [1.807, 2.05) is 0 Å². The van der Waals surface area contributed by atoms with Crippen LogP contribution in [0.2, 0.25) is 0 Å². The van der Waals surface area contributed by atoms with E-state index in [1.165, 1.54) is 19.2 Å². The Labute approximate surface area is 231 Å². The molecule has 12 heteroatoms. The Morgan fingerprint density at radius 2 is 1.80 bits per heavy atom. The van der Waals surface area contributed by atoms with Crippen molar-refractivity contribution in [2.75, 3.05) is 26.1 Å². The summed E-state index contributed by atoms with van der Waals surface area (Å²) in [5.74, 6) is -0.570. The number of esters is 1. The first-order chi connectivity index (χ1) is 19.3. The Balaban J connectivity index is 1.78. The van der Waals surface area contributed by atoms with Crippen molar-refractivity contribution in [3.63, 3.8) is 0 Å². The zero-order chi connectivity index (χ0) is 28.6. The van der Waals surface area contributed by atoms with Gasteiger partial charge in [0, 0.05) is 41.2 Å². The van der Waals surface area contributed by atoms with Crippen LogP contribution < -0.4 is 4.74 Å². The third-order valence-corrected chi connectivity index (χ3v) is 8.13. The molecule has 1 N–H and O–H groups in total. The first-order valence-electron chi connectivity index (χ1n) is 12.5. The number of aliphatic hydroxyl groups excluding tert-OH is 1. The van der Waals surface area contributed by atoms with Crippen molar-refractivity contribution in [1.82, 2.24) is 0 Å². The van der Waals surface area contributed by atoms with Crippen molar-refractivity contribution >= 4 is 27.4 Å². The molecule has 0 aromatic heterocycles. The number of benzene rings is 3. The molecular formula is C28H28N4O7S. The second kappa shape index (κ2) is 12.6. The van der Waals surface area contributed by atoms with Crippen molar-refractivity contribution in [3.8, 4) is 5.75 Å². The molecule has 1 heterocycles. The molecule has 0 saturated carbocycles. The van der Waals surface area contributed by atoms with Crippen LogP contribution >= 0.6 is 0 Å². The van der Waals surface area contributed by atoms with E-state index in [9.17, 15) is 13.2 Å². The van der Waals surface area contributed by atoms with Gasteiger partial charge in [0.25, 0.3) is 0 Å². The van der Waals surface area contributed by atoms with Crippen LogP contribution in [0.15, 0.2) is 93.9 Å². The molecule has 2 atom stereocenters. The number of azide groups is 1. The molecule has 0 spiro atoms. The van der Waals surface area contributed by atoms with Gasteiger partial charge < -0.3 is 19.3 Å². The van der Waals surface area contributed by atoms with Crippen LogP contribution in [0.5, 0.6) is 5.75 Å². The highest BCUT2D eigenvalue weighted by molar-refractivity contribution is 7.91. The number of aliphatic imine (C=N–C) groups is 1. The van der Waals surface area contributed by atoms with Gasteiger partial charge in [-0.1, -0.05) is 47.6 Å². The highest BCUT2D eigenvalue weighted by Gasteiger charge is 2.55. The summed E-state index contributed by atoms with van der Waals surface area (Å²) in [6.45, 7) is 0.351. The Morgan fingerprint density at radius 1 is 1.10 bits per heavy atom. The second-order valence-corrected chi connectivity index (χ2v) is 11.0. The third kappa shape index (κ3) is 6.09. The summed E-state index contributed by atoms with van der Waals surface area (Å²) in [5.41, 5.74) is 8.40. The number of nitrogens with zero attached hydrogens (tertiary/aromatic N) is 4. The van der Waals surface area contributed by atoms with Gasteiger partial charge in [0.2, 0.25) is 11.4 Å². The summed E-state index contributed by atoms with van der Waals surface area (Å²) in [5, 5.41) is 12.7. The number of rotatable bonds is 12. The van der Waals surface area contributed by atoms with Crippen molar-refractivity contribution in [3.05, 3.63) is 100 Å². The summed E-state index contributed by atoms with van der Waals surface area (Å²) < 4.78 is 43.4. The molecule has 0 saturated heterocycles. The number of hydrogen-bond donors (Lipinski definition) is 1. The van der Waals surface area contributed by atoms with Gasteiger partial charge in [0.05, 0.1) is 24.4 Å². The van der Waals surface area contributed by atoms with E-state index in [2.05, 4.69) is 15.0 Å². The summed E-state index contributed by atoms with van der Waals surface area (Å²) in [6.07, 6.45) is -0.932. The topological polar surface area (TPSA) is 160 Å². The number of aliphatic hydroxyl groups is 1. The lowest BCUT2D eigenvalue weighted by atomic mass is 9.85. The molecule has 3 aromatic carbocycles. The predicted molar refractivity (Wildman–Crippen MR) is 147 cm³/mol. The molecule has 0 unspecified atom stereocenters. The number of methoxy groups -OCH3 is 1. The standard InChI is InChI=1S/C28H28N4O7S/c1-37-27(34)28(16-19-40(35,36)22-8-3-2-4-9-22)25(23-10-5-6-11-24(23)31-32-29)39-26(30-28)20-12-14-21(15-13-20)38-18-7-17-33/h2-6,8-15,25,33H,7,16-19H2,1H3/t25-,28-/m1/s1. The van der Waals surface area contributed by atoms with Gasteiger partial charge in [-0.25, -0.2) is 18.2 Å². The minimum atomic E-state index is -3.80. The molecular weight excluding hydrogens is 536 g/mol. The lowest BCUT2D eigenvalue weighted by molar-refractivity contribution is -0.150. The van der Waals surface area contributed by atoms with E-state index >= 15 is 0 Å². The summed E-state index contributed by atoms with van der Waals surface area (Å²) in [6, 6.07) is 21.2. The zero-order valence-corrected chi connectivity index (χ0v) is 22.5. The van der Waals surface area contributed by atoms with Gasteiger partial charge in [-0.3, -0.25) is 0 Å². The normalized spacial score (nSPS) is 18.2. The highest BCUT2D eigenvalue weighted by Crippen LogP contribution is 2.46. The molecule has 208 valence electrons. The molecule has 4 rings (SSSR count). The predicted octanol–water partition coefficient (Wildman–Crippen LogP) is 4.68. The number of carbonyl (C=O) groups is 1. The first kappa shape index (κ1) is 28.6. The summed E-state index contributed by atoms with van der Waals surface area (Å²) >= 11 is 0. The van der Waals surface area contributed by atoms with Crippen molar-refractivity contribution < 1.29 is 32.5 Å². The van der Waals surface area contributed by atoms with E-state index in [0.29, 0.717) is 29.9 Å². The fraction of sp³-hybridized carbons (Fsp3) is 0.286. The average Bonchev–Trinajstić information content (AvgIpc) is 3.38. The molecule has 1 aliphatic rings. The van der Waals surface area contributed by atoms with Gasteiger partial charge in [-0.05, 0) is 41.9 Å². The first-order valence-corrected chi connectivity index (χ1v) is 14.1. The van der Waals surface area contributed by atoms with Gasteiger partial charge in [-0.2, -0.15) is 0 Å². The van der Waals surface area contributed by atoms with Crippen LogP contribution in [0.25, 0.3) is 10.4 Å². The molecule has 0 bridgehead atoms. The van der Waals surface area contributed by atoms with Crippen LogP contribution in [0, 0.1) is 0 Å². The lowest BCUT2D eigenvalue weighted by Gasteiger charge is -2.29. The molecule has 3 aromatic rings. The molecule has 0 amide bonds. The number of ether oxygens (including phenoxy) is 3. The monoisotopic (exact) mass is 564 g/mol. The number of hydrogen-bond acceptors (Lipinski definition) is 9. The van der Waals surface area contributed by atoms with Gasteiger partial charge in [0.1, 0.15) is 5.75 Å². The van der Waals surface area contributed by atoms with E-state index in [-0.39, 0.29) is 29.5 Å². The molecule has 40 heavy (non-hydrogen) atoms. The van der Waals surface area contributed by atoms with Crippen LogP contribution in [-0.2, 0) is 24.1 Å². The Bertz CT molecular complexity index is 1520. The number of carbonyl (C=O) groups excluding carboxylic acids is 1. The van der Waals surface area contributed by atoms with Gasteiger partial charge >= 0.3 is 5.97 Å². The molecule has 1 aliphatic heterocycles. The van der Waals surface area contributed by atoms with Crippen molar-refractivity contribution in [2.45, 2.75) is 29.4 Å². The molecule has 0 radical (unpaired) electrons. The highest BCUT2D eigenvalue weighted by atomic mass is 32.2. The van der Waals surface area contributed by atoms with Crippen molar-refractivity contribution in [2.24, 2.45) is 10.1 Å². The van der Waals surface area contributed by atoms with Crippen LogP contribution in [-0.4, -0.2) is 57.0 Å². The maximum atomic E-state index is 13.5. The largest absolute Gasteiger partial charge is 0.494 e. The fourth-order valence-corrected chi connectivity index (χ4v) is 5.77. The second-order valence-electron chi connectivity index (χ2n) is 8.91. The number of sulfone groups is 1. The smallest absolute Gasteiger partial charge is 0.338 e. The van der Waals surface area contributed by atoms with Gasteiger partial charge in [-0.15, -0.1) is 0 Å². The quantitative estimate of drug-likeness (QED) is 0.110. The Kier molecular flexibility index (Phi) is 9.05. The molecule has 0 fully saturated rings. The zero-order valence-electron chi connectivity index (χ0n) is 21.7. The fourth-order valence-electron chi connectivity index (χ4n) is 4.38. The molecule has 0 aliphatic carbocycles. The van der Waals surface area contributed by atoms with Crippen LogP contribution in [0.1, 0.15) is 30.1 Å². The van der Waals surface area contributed by atoms with E-state index in [4.69, 9.17) is 24.8 Å². The van der Waals surface area contributed by atoms with Crippen LogP contribution in [0.4, 0.5) is 5.69 Å². The van der Waals surface area contributed by atoms with Crippen LogP contribution in [0.3, 0.4) is 0 Å². The van der Waals surface area contributed by atoms with E-state index in [0.717, 1.165) is 0 Å². The maximum absolute atomic E-state index is 13.5. The van der Waals surface area contributed by atoms with E-state index < -0.39 is 33.2 Å². The Hall–Kier alpha value is -4.38. The minimum absolute atomic E-state index is 0.0110. The van der Waals surface area contributed by atoms with Gasteiger partial charge in [0.15, 0.2) is 15.9 Å². The van der Waals surface area contributed by atoms with Crippen molar-refractivity contribution in [1.29, 1.82) is 0 Å². The van der Waals surface area contributed by atoms with E-state index in [1.54, 1.807) is 66.7 Å². The summed E-state index contributed by atoms with van der Waals surface area (Å²) in [4.78, 5) is 21.1. The maximum Gasteiger partial charge on any atom is 0.338 e. The SMILES string of the molecule is COC(=O)[C@]1(CCS(=O)(=O)c2ccccc2)N=C(c2ccc(OCCCO)cc2)O[C@@H]1c1ccccc1N=[N+]=[N-]. The lowest BCUT2D eigenvalue weighted by Crippen LogP contribution is -2.43. The summed E-state index contributed by atoms with van der Waals surface area (Å²) in [7, 11) is -2.61. The Morgan fingerprint density at radius 3 is 2.48 bits per heavy atom. The molecule has 11 nitrogen and oxygen atoms in total. The third-order valence-electron chi connectivity index (χ3n) is 6.40. The minimum Gasteiger partial charge on any atom is -0.494 e.